The number of methoxy groups -OCH3 is 2. The number of carbonyl (C=O) groups excluding carboxylic acids is 3. The SMILES string of the molecule is COc1ccc(C(=O)Nc2ccc(CN3C(=O)[C@@](O)([C@@H](C)/C=C/CC(=O)N(CCO)Cc4ccccc4)c4cc(OC)ccc43)cc2)cc1. The number of anilines is 2. The molecule has 254 valence electrons. The maximum atomic E-state index is 14.1. The lowest BCUT2D eigenvalue weighted by atomic mass is 9.83. The molecule has 1 aliphatic rings. The molecule has 10 heteroatoms. The largest absolute Gasteiger partial charge is 0.497 e. The summed E-state index contributed by atoms with van der Waals surface area (Å²) in [6.45, 7) is 2.31. The van der Waals surface area contributed by atoms with E-state index in [4.69, 9.17) is 9.47 Å². The lowest BCUT2D eigenvalue weighted by Gasteiger charge is -2.28. The number of benzene rings is 4. The molecule has 0 bridgehead atoms. The zero-order chi connectivity index (χ0) is 35.0. The van der Waals surface area contributed by atoms with E-state index < -0.39 is 17.4 Å². The summed E-state index contributed by atoms with van der Waals surface area (Å²) in [7, 11) is 3.08. The highest BCUT2D eigenvalue weighted by Gasteiger charge is 2.52. The molecule has 0 fully saturated rings. The number of aliphatic hydroxyl groups excluding tert-OH is 1. The van der Waals surface area contributed by atoms with Crippen molar-refractivity contribution in [2.45, 2.75) is 32.0 Å². The highest BCUT2D eigenvalue weighted by Crippen LogP contribution is 2.47. The number of carbonyl (C=O) groups is 3. The second kappa shape index (κ2) is 15.6. The van der Waals surface area contributed by atoms with Crippen LogP contribution in [0.15, 0.2) is 109 Å². The molecule has 0 aliphatic carbocycles. The van der Waals surface area contributed by atoms with Gasteiger partial charge in [0.25, 0.3) is 11.8 Å². The van der Waals surface area contributed by atoms with Gasteiger partial charge >= 0.3 is 0 Å². The van der Waals surface area contributed by atoms with Crippen LogP contribution in [0, 0.1) is 5.92 Å². The van der Waals surface area contributed by atoms with Crippen LogP contribution in [0.1, 0.15) is 40.4 Å². The van der Waals surface area contributed by atoms with Crippen molar-refractivity contribution in [2.24, 2.45) is 5.92 Å². The summed E-state index contributed by atoms with van der Waals surface area (Å²) in [5, 5.41) is 24.5. The number of fused-ring (bicyclic) bond motifs is 1. The molecule has 5 rings (SSSR count). The molecular weight excluding hydrogens is 622 g/mol. The van der Waals surface area contributed by atoms with Crippen molar-refractivity contribution >= 4 is 29.1 Å². The predicted octanol–water partition coefficient (Wildman–Crippen LogP) is 5.29. The molecule has 1 heterocycles. The average Bonchev–Trinajstić information content (AvgIpc) is 3.34. The van der Waals surface area contributed by atoms with Gasteiger partial charge in [-0.15, -0.1) is 0 Å². The summed E-state index contributed by atoms with van der Waals surface area (Å²) in [4.78, 5) is 43.0. The van der Waals surface area contributed by atoms with E-state index in [1.165, 1.54) is 12.0 Å². The molecule has 0 saturated carbocycles. The minimum atomic E-state index is -1.91. The molecule has 0 aromatic heterocycles. The number of ether oxygens (including phenoxy) is 2. The Labute approximate surface area is 286 Å². The summed E-state index contributed by atoms with van der Waals surface area (Å²) in [6, 6.07) is 28.7. The van der Waals surface area contributed by atoms with Crippen molar-refractivity contribution in [3.05, 3.63) is 131 Å². The van der Waals surface area contributed by atoms with Gasteiger partial charge in [-0.2, -0.15) is 0 Å². The van der Waals surface area contributed by atoms with Crippen LogP contribution in [-0.4, -0.2) is 60.2 Å². The van der Waals surface area contributed by atoms with Gasteiger partial charge in [-0.25, -0.2) is 0 Å². The molecule has 4 aromatic carbocycles. The Kier molecular flexibility index (Phi) is 11.1. The monoisotopic (exact) mass is 663 g/mol. The molecule has 0 radical (unpaired) electrons. The van der Waals surface area contributed by atoms with E-state index in [2.05, 4.69) is 5.32 Å². The molecule has 2 atom stereocenters. The number of nitrogens with zero attached hydrogens (tertiary/aromatic N) is 2. The third kappa shape index (κ3) is 7.83. The maximum absolute atomic E-state index is 14.1. The third-order valence-electron chi connectivity index (χ3n) is 8.70. The minimum Gasteiger partial charge on any atom is -0.497 e. The van der Waals surface area contributed by atoms with Crippen molar-refractivity contribution in [3.63, 3.8) is 0 Å². The lowest BCUT2D eigenvalue weighted by Crippen LogP contribution is -2.44. The fourth-order valence-electron chi connectivity index (χ4n) is 5.89. The van der Waals surface area contributed by atoms with Crippen LogP contribution in [-0.2, 0) is 28.3 Å². The van der Waals surface area contributed by atoms with Gasteiger partial charge in [0.1, 0.15) is 11.5 Å². The molecule has 3 amide bonds. The normalized spacial score (nSPS) is 15.9. The fourth-order valence-corrected chi connectivity index (χ4v) is 5.89. The van der Waals surface area contributed by atoms with Crippen LogP contribution in [0.5, 0.6) is 11.5 Å². The molecule has 10 nitrogen and oxygen atoms in total. The molecule has 4 aromatic rings. The number of nitrogens with one attached hydrogen (secondary N) is 1. The molecule has 1 aliphatic heterocycles. The molecule has 0 spiro atoms. The van der Waals surface area contributed by atoms with E-state index in [0.717, 1.165) is 11.1 Å². The Morgan fingerprint density at radius 3 is 2.24 bits per heavy atom. The van der Waals surface area contributed by atoms with Gasteiger partial charge in [-0.1, -0.05) is 61.5 Å². The van der Waals surface area contributed by atoms with E-state index in [0.29, 0.717) is 40.5 Å². The maximum Gasteiger partial charge on any atom is 0.264 e. The highest BCUT2D eigenvalue weighted by atomic mass is 16.5. The van der Waals surface area contributed by atoms with Crippen LogP contribution in [0.4, 0.5) is 11.4 Å². The number of amides is 3. The van der Waals surface area contributed by atoms with Gasteiger partial charge in [0, 0.05) is 42.2 Å². The van der Waals surface area contributed by atoms with E-state index >= 15 is 0 Å². The number of aliphatic hydroxyl groups is 2. The Hall–Kier alpha value is -5.45. The first-order valence-electron chi connectivity index (χ1n) is 16.0. The summed E-state index contributed by atoms with van der Waals surface area (Å²) < 4.78 is 10.6. The zero-order valence-electron chi connectivity index (χ0n) is 27.8. The fraction of sp³-hybridized carbons (Fsp3) is 0.256. The lowest BCUT2D eigenvalue weighted by molar-refractivity contribution is -0.139. The van der Waals surface area contributed by atoms with Crippen molar-refractivity contribution in [3.8, 4) is 11.5 Å². The van der Waals surface area contributed by atoms with Gasteiger partial charge in [0.05, 0.1) is 33.1 Å². The molecule has 3 N–H and O–H groups in total. The standard InChI is InChI=1S/C39H41N3O7/c1-27(8-7-11-36(44)41(22-23-43)25-28-9-5-4-6-10-28)39(47)34-24-33(49-3)20-21-35(34)42(38(39)46)26-29-12-16-31(17-13-29)40-37(45)30-14-18-32(48-2)19-15-30/h4-10,12-21,24,27,43,47H,11,22-23,25-26H2,1-3H3,(H,40,45)/b8-7+/t27-,39+/m0/s1. The first-order chi connectivity index (χ1) is 23.7. The summed E-state index contributed by atoms with van der Waals surface area (Å²) >= 11 is 0. The first-order valence-corrected chi connectivity index (χ1v) is 16.0. The van der Waals surface area contributed by atoms with Crippen LogP contribution in [0.3, 0.4) is 0 Å². The van der Waals surface area contributed by atoms with Gasteiger partial charge in [-0.05, 0) is 65.7 Å². The van der Waals surface area contributed by atoms with Gasteiger partial charge in [-0.3, -0.25) is 14.4 Å². The second-order valence-corrected chi connectivity index (χ2v) is 11.9. The van der Waals surface area contributed by atoms with Crippen molar-refractivity contribution in [1.82, 2.24) is 4.90 Å². The number of rotatable bonds is 14. The van der Waals surface area contributed by atoms with Gasteiger partial charge < -0.3 is 34.8 Å². The molecule has 49 heavy (non-hydrogen) atoms. The van der Waals surface area contributed by atoms with Crippen LogP contribution in [0.25, 0.3) is 0 Å². The van der Waals surface area contributed by atoms with Crippen LogP contribution >= 0.6 is 0 Å². The molecular formula is C39H41N3O7. The summed E-state index contributed by atoms with van der Waals surface area (Å²) in [6.07, 6.45) is 3.38. The Bertz CT molecular complexity index is 1790. The Morgan fingerprint density at radius 2 is 1.59 bits per heavy atom. The highest BCUT2D eigenvalue weighted by molar-refractivity contribution is 6.07. The quantitative estimate of drug-likeness (QED) is 0.156. The second-order valence-electron chi connectivity index (χ2n) is 11.9. The smallest absolute Gasteiger partial charge is 0.264 e. The van der Waals surface area contributed by atoms with E-state index in [1.807, 2.05) is 42.5 Å². The molecule has 0 unspecified atom stereocenters. The topological polar surface area (TPSA) is 129 Å². The minimum absolute atomic E-state index is 0.0392. The molecule has 0 saturated heterocycles. The number of hydrogen-bond donors (Lipinski definition) is 3. The Balaban J connectivity index is 1.29. The summed E-state index contributed by atoms with van der Waals surface area (Å²) in [5.41, 5.74) is 1.87. The van der Waals surface area contributed by atoms with Crippen molar-refractivity contribution < 1.29 is 34.1 Å². The van der Waals surface area contributed by atoms with E-state index in [1.54, 1.807) is 85.7 Å². The van der Waals surface area contributed by atoms with Crippen LogP contribution in [0.2, 0.25) is 0 Å². The summed E-state index contributed by atoms with van der Waals surface area (Å²) in [5.74, 6) is -0.486. The van der Waals surface area contributed by atoms with Gasteiger partial charge in [0.2, 0.25) is 5.91 Å². The van der Waals surface area contributed by atoms with E-state index in [-0.39, 0.29) is 37.9 Å². The first kappa shape index (κ1) is 34.9. The van der Waals surface area contributed by atoms with Crippen molar-refractivity contribution in [2.75, 3.05) is 37.6 Å². The van der Waals surface area contributed by atoms with Gasteiger partial charge in [0.15, 0.2) is 5.60 Å². The third-order valence-corrected chi connectivity index (χ3v) is 8.70. The predicted molar refractivity (Wildman–Crippen MR) is 187 cm³/mol. The van der Waals surface area contributed by atoms with E-state index in [9.17, 15) is 24.6 Å². The van der Waals surface area contributed by atoms with Crippen molar-refractivity contribution in [1.29, 1.82) is 0 Å². The van der Waals surface area contributed by atoms with Crippen LogP contribution < -0.4 is 19.7 Å². The number of hydrogen-bond acceptors (Lipinski definition) is 7. The Morgan fingerprint density at radius 1 is 0.918 bits per heavy atom. The average molecular weight is 664 g/mol. The zero-order valence-corrected chi connectivity index (χ0v) is 27.8.